The Bertz CT molecular complexity index is 521. The van der Waals surface area contributed by atoms with E-state index in [2.05, 4.69) is 37.8 Å². The molecule has 1 aliphatic heterocycles. The third-order valence-corrected chi connectivity index (χ3v) is 5.86. The van der Waals surface area contributed by atoms with Crippen LogP contribution in [-0.4, -0.2) is 41.0 Å². The predicted octanol–water partition coefficient (Wildman–Crippen LogP) is 4.54. The standard InChI is InChI=1S/C20H31NO2S/c1-20(2,3)24-15-17-7-5-6-14-21(17)19(22)13-10-16-8-11-18(23-4)12-9-16/h8-9,11-12,17H,5-7,10,13-15H2,1-4H3. The van der Waals surface area contributed by atoms with Crippen molar-refractivity contribution in [2.75, 3.05) is 19.4 Å². The molecular weight excluding hydrogens is 318 g/mol. The van der Waals surface area contributed by atoms with Gasteiger partial charge < -0.3 is 9.64 Å². The summed E-state index contributed by atoms with van der Waals surface area (Å²) in [6.07, 6.45) is 4.95. The normalized spacial score (nSPS) is 18.5. The van der Waals surface area contributed by atoms with Crippen molar-refractivity contribution in [1.29, 1.82) is 0 Å². The first-order chi connectivity index (χ1) is 11.4. The smallest absolute Gasteiger partial charge is 0.223 e. The molecule has 4 heteroatoms. The molecule has 0 saturated carbocycles. The summed E-state index contributed by atoms with van der Waals surface area (Å²) in [5.74, 6) is 2.23. The highest BCUT2D eigenvalue weighted by Crippen LogP contribution is 2.29. The van der Waals surface area contributed by atoms with E-state index < -0.39 is 0 Å². The molecule has 1 heterocycles. The van der Waals surface area contributed by atoms with Crippen LogP contribution in [0.5, 0.6) is 5.75 Å². The number of thioether (sulfide) groups is 1. The molecule has 1 aliphatic rings. The first-order valence-corrected chi connectivity index (χ1v) is 9.94. The first-order valence-electron chi connectivity index (χ1n) is 8.95. The van der Waals surface area contributed by atoms with Gasteiger partial charge in [0.1, 0.15) is 5.75 Å². The second kappa shape index (κ2) is 8.80. The van der Waals surface area contributed by atoms with E-state index in [4.69, 9.17) is 4.74 Å². The van der Waals surface area contributed by atoms with Gasteiger partial charge in [0, 0.05) is 29.5 Å². The van der Waals surface area contributed by atoms with Crippen LogP contribution in [0.1, 0.15) is 52.0 Å². The number of piperidine rings is 1. The van der Waals surface area contributed by atoms with E-state index >= 15 is 0 Å². The highest BCUT2D eigenvalue weighted by Gasteiger charge is 2.27. The lowest BCUT2D eigenvalue weighted by molar-refractivity contribution is -0.134. The van der Waals surface area contributed by atoms with Crippen molar-refractivity contribution in [3.63, 3.8) is 0 Å². The number of nitrogens with zero attached hydrogens (tertiary/aromatic N) is 1. The summed E-state index contributed by atoms with van der Waals surface area (Å²) in [5, 5.41) is 0. The lowest BCUT2D eigenvalue weighted by Gasteiger charge is -2.37. The molecule has 0 bridgehead atoms. The van der Waals surface area contributed by atoms with Crippen LogP contribution in [0.25, 0.3) is 0 Å². The molecule has 1 saturated heterocycles. The van der Waals surface area contributed by atoms with Gasteiger partial charge in [-0.25, -0.2) is 0 Å². The van der Waals surface area contributed by atoms with Crippen LogP contribution in [0.3, 0.4) is 0 Å². The summed E-state index contributed by atoms with van der Waals surface area (Å²) in [6, 6.07) is 8.43. The number of hydrogen-bond acceptors (Lipinski definition) is 3. The molecule has 0 radical (unpaired) electrons. The Balaban J connectivity index is 1.88. The van der Waals surface area contributed by atoms with Crippen molar-refractivity contribution in [2.45, 2.75) is 63.7 Å². The maximum atomic E-state index is 12.7. The largest absolute Gasteiger partial charge is 0.497 e. The molecule has 0 spiro atoms. The van der Waals surface area contributed by atoms with Crippen LogP contribution in [0.2, 0.25) is 0 Å². The summed E-state index contributed by atoms with van der Waals surface area (Å²) < 4.78 is 5.44. The molecule has 134 valence electrons. The zero-order valence-corrected chi connectivity index (χ0v) is 16.3. The fourth-order valence-electron chi connectivity index (χ4n) is 3.04. The fraction of sp³-hybridized carbons (Fsp3) is 0.650. The van der Waals surface area contributed by atoms with Crippen molar-refractivity contribution in [2.24, 2.45) is 0 Å². The van der Waals surface area contributed by atoms with E-state index in [0.29, 0.717) is 18.4 Å². The minimum absolute atomic E-state index is 0.259. The van der Waals surface area contributed by atoms with Gasteiger partial charge in [-0.05, 0) is 43.4 Å². The van der Waals surface area contributed by atoms with E-state index in [1.807, 2.05) is 23.9 Å². The van der Waals surface area contributed by atoms with Gasteiger partial charge in [-0.1, -0.05) is 32.9 Å². The summed E-state index contributed by atoms with van der Waals surface area (Å²) in [5.41, 5.74) is 1.20. The second-order valence-corrected chi connectivity index (χ2v) is 9.35. The van der Waals surface area contributed by atoms with Gasteiger partial charge in [0.2, 0.25) is 5.91 Å². The van der Waals surface area contributed by atoms with Crippen LogP contribution < -0.4 is 4.74 Å². The van der Waals surface area contributed by atoms with Gasteiger partial charge in [0.15, 0.2) is 0 Å². The monoisotopic (exact) mass is 349 g/mol. The summed E-state index contributed by atoms with van der Waals surface area (Å²) in [6.45, 7) is 7.67. The van der Waals surface area contributed by atoms with Gasteiger partial charge in [0.25, 0.3) is 0 Å². The first kappa shape index (κ1) is 19.2. The fourth-order valence-corrected chi connectivity index (χ4v) is 4.07. The number of likely N-dealkylation sites (tertiary alicyclic amines) is 1. The zero-order valence-electron chi connectivity index (χ0n) is 15.5. The number of hydrogen-bond donors (Lipinski definition) is 0. The number of ether oxygens (including phenoxy) is 1. The molecule has 0 N–H and O–H groups in total. The third-order valence-electron chi connectivity index (χ3n) is 4.44. The van der Waals surface area contributed by atoms with Gasteiger partial charge in [0.05, 0.1) is 7.11 Å². The number of benzene rings is 1. The number of carbonyl (C=O) groups is 1. The molecule has 0 aromatic heterocycles. The number of aryl methyl sites for hydroxylation is 1. The summed E-state index contributed by atoms with van der Waals surface area (Å²) in [4.78, 5) is 14.9. The molecule has 1 fully saturated rings. The van der Waals surface area contributed by atoms with Gasteiger partial charge in [-0.2, -0.15) is 11.8 Å². The predicted molar refractivity (Wildman–Crippen MR) is 103 cm³/mol. The number of carbonyl (C=O) groups excluding carboxylic acids is 1. The quantitative estimate of drug-likeness (QED) is 0.755. The van der Waals surface area contributed by atoms with Crippen LogP contribution in [-0.2, 0) is 11.2 Å². The lowest BCUT2D eigenvalue weighted by atomic mass is 10.0. The summed E-state index contributed by atoms with van der Waals surface area (Å²) >= 11 is 1.97. The Morgan fingerprint density at radius 1 is 1.25 bits per heavy atom. The van der Waals surface area contributed by atoms with Gasteiger partial charge >= 0.3 is 0 Å². The molecule has 2 rings (SSSR count). The minimum atomic E-state index is 0.259. The van der Waals surface area contributed by atoms with Crippen molar-refractivity contribution < 1.29 is 9.53 Å². The molecule has 0 aliphatic carbocycles. The van der Waals surface area contributed by atoms with Crippen LogP contribution in [0.15, 0.2) is 24.3 Å². The number of rotatable bonds is 6. The van der Waals surface area contributed by atoms with Crippen molar-refractivity contribution in [3.05, 3.63) is 29.8 Å². The van der Waals surface area contributed by atoms with E-state index in [1.165, 1.54) is 12.0 Å². The third kappa shape index (κ3) is 6.04. The SMILES string of the molecule is COc1ccc(CCC(=O)N2CCCCC2CSC(C)(C)C)cc1. The topological polar surface area (TPSA) is 29.5 Å². The molecule has 1 amide bonds. The van der Waals surface area contributed by atoms with Crippen molar-refractivity contribution >= 4 is 17.7 Å². The second-order valence-electron chi connectivity index (χ2n) is 7.51. The van der Waals surface area contributed by atoms with Crippen LogP contribution in [0.4, 0.5) is 0 Å². The van der Waals surface area contributed by atoms with E-state index in [0.717, 1.165) is 37.3 Å². The number of methoxy groups -OCH3 is 1. The lowest BCUT2D eigenvalue weighted by Crippen LogP contribution is -2.45. The molecule has 3 nitrogen and oxygen atoms in total. The van der Waals surface area contributed by atoms with Crippen LogP contribution >= 0.6 is 11.8 Å². The Kier molecular flexibility index (Phi) is 7.02. The van der Waals surface area contributed by atoms with E-state index in [1.54, 1.807) is 7.11 Å². The average Bonchev–Trinajstić information content (AvgIpc) is 2.58. The molecule has 1 unspecified atom stereocenters. The Hall–Kier alpha value is -1.16. The highest BCUT2D eigenvalue weighted by molar-refractivity contribution is 8.00. The average molecular weight is 350 g/mol. The van der Waals surface area contributed by atoms with Gasteiger partial charge in [-0.15, -0.1) is 0 Å². The molecule has 1 aromatic rings. The number of amides is 1. The molecule has 1 atom stereocenters. The van der Waals surface area contributed by atoms with Crippen molar-refractivity contribution in [1.82, 2.24) is 4.90 Å². The van der Waals surface area contributed by atoms with Crippen molar-refractivity contribution in [3.8, 4) is 5.75 Å². The van der Waals surface area contributed by atoms with E-state index in [9.17, 15) is 4.79 Å². The minimum Gasteiger partial charge on any atom is -0.497 e. The Morgan fingerprint density at radius 3 is 2.58 bits per heavy atom. The molecule has 24 heavy (non-hydrogen) atoms. The maximum absolute atomic E-state index is 12.7. The molecule has 1 aromatic carbocycles. The highest BCUT2D eigenvalue weighted by atomic mass is 32.2. The zero-order chi connectivity index (χ0) is 17.6. The van der Waals surface area contributed by atoms with Gasteiger partial charge in [-0.3, -0.25) is 4.79 Å². The summed E-state index contributed by atoms with van der Waals surface area (Å²) in [7, 11) is 1.67. The van der Waals surface area contributed by atoms with E-state index in [-0.39, 0.29) is 4.75 Å². The maximum Gasteiger partial charge on any atom is 0.223 e. The molecular formula is C20H31NO2S. The Labute approximate surface area is 151 Å². The van der Waals surface area contributed by atoms with Crippen LogP contribution in [0, 0.1) is 0 Å². The Morgan fingerprint density at radius 2 is 1.96 bits per heavy atom.